The molecule has 3 nitrogen and oxygen atoms in total. The summed E-state index contributed by atoms with van der Waals surface area (Å²) in [5, 5.41) is 9.88. The highest BCUT2D eigenvalue weighted by molar-refractivity contribution is 5.33. The molecule has 1 heterocycles. The number of hydrogen-bond donors (Lipinski definition) is 1. The lowest BCUT2D eigenvalue weighted by Gasteiger charge is -2.18. The summed E-state index contributed by atoms with van der Waals surface area (Å²) in [7, 11) is 0. The Labute approximate surface area is 116 Å². The van der Waals surface area contributed by atoms with Crippen LogP contribution >= 0.6 is 0 Å². The van der Waals surface area contributed by atoms with Crippen molar-refractivity contribution in [2.45, 2.75) is 39.2 Å². The number of aryl methyl sites for hydroxylation is 2. The third kappa shape index (κ3) is 4.22. The first-order valence-electron chi connectivity index (χ1n) is 7.11. The maximum absolute atomic E-state index is 9.88. The highest BCUT2D eigenvalue weighted by Gasteiger charge is 2.30. The Hall–Kier alpha value is -1.06. The molecular weight excluding hydrogens is 238 g/mol. The van der Waals surface area contributed by atoms with E-state index in [0.717, 1.165) is 44.8 Å². The molecule has 0 aromatic heterocycles. The van der Waals surface area contributed by atoms with Crippen molar-refractivity contribution in [2.75, 3.05) is 26.2 Å². The lowest BCUT2D eigenvalue weighted by molar-refractivity contribution is 0.0681. The summed E-state index contributed by atoms with van der Waals surface area (Å²) in [6.45, 7) is 9.65. The molecule has 19 heavy (non-hydrogen) atoms. The van der Waals surface area contributed by atoms with Crippen LogP contribution in [0.3, 0.4) is 0 Å². The fourth-order valence-electron chi connectivity index (χ4n) is 2.51. The lowest BCUT2D eigenvalue weighted by atomic mass is 10.1. The van der Waals surface area contributed by atoms with Gasteiger partial charge in [0.15, 0.2) is 0 Å². The fraction of sp³-hybridized carbons (Fsp3) is 0.625. The van der Waals surface area contributed by atoms with Crippen molar-refractivity contribution in [2.24, 2.45) is 0 Å². The zero-order valence-corrected chi connectivity index (χ0v) is 12.3. The van der Waals surface area contributed by atoms with Crippen molar-refractivity contribution in [3.63, 3.8) is 0 Å². The molecule has 0 aliphatic carbocycles. The van der Waals surface area contributed by atoms with Crippen molar-refractivity contribution < 1.29 is 9.84 Å². The van der Waals surface area contributed by atoms with E-state index in [1.165, 1.54) is 11.1 Å². The smallest absolute Gasteiger partial charge is 0.119 e. The maximum atomic E-state index is 9.88. The molecule has 1 aromatic rings. The lowest BCUT2D eigenvalue weighted by Crippen LogP contribution is -2.30. The number of aliphatic hydroxyl groups is 1. The van der Waals surface area contributed by atoms with E-state index in [9.17, 15) is 5.11 Å². The van der Waals surface area contributed by atoms with E-state index in [4.69, 9.17) is 4.74 Å². The van der Waals surface area contributed by atoms with Gasteiger partial charge in [-0.3, -0.25) is 0 Å². The van der Waals surface area contributed by atoms with E-state index >= 15 is 0 Å². The van der Waals surface area contributed by atoms with Crippen LogP contribution in [0.5, 0.6) is 5.75 Å². The summed E-state index contributed by atoms with van der Waals surface area (Å²) in [4.78, 5) is 2.31. The van der Waals surface area contributed by atoms with Gasteiger partial charge in [-0.25, -0.2) is 0 Å². The molecule has 3 heteroatoms. The maximum Gasteiger partial charge on any atom is 0.119 e. The Bertz CT molecular complexity index is 429. The second-order valence-corrected chi connectivity index (χ2v) is 5.97. The number of rotatable bonds is 5. The summed E-state index contributed by atoms with van der Waals surface area (Å²) in [6.07, 6.45) is 1.88. The van der Waals surface area contributed by atoms with E-state index < -0.39 is 5.60 Å². The Morgan fingerprint density at radius 1 is 1.32 bits per heavy atom. The van der Waals surface area contributed by atoms with Crippen LogP contribution in [0.2, 0.25) is 0 Å². The standard InChI is InChI=1S/C16H25NO2/c1-13-5-6-15(11-14(13)2)19-10-4-8-17-9-7-16(3,18)12-17/h5-6,11,18H,4,7-10,12H2,1-3H3. The van der Waals surface area contributed by atoms with Crippen LogP contribution in [-0.4, -0.2) is 41.8 Å². The third-order valence-electron chi connectivity index (χ3n) is 3.90. The van der Waals surface area contributed by atoms with Crippen molar-refractivity contribution >= 4 is 0 Å². The van der Waals surface area contributed by atoms with Crippen molar-refractivity contribution in [3.8, 4) is 5.75 Å². The highest BCUT2D eigenvalue weighted by atomic mass is 16.5. The van der Waals surface area contributed by atoms with E-state index in [-0.39, 0.29) is 0 Å². The minimum absolute atomic E-state index is 0.491. The second-order valence-electron chi connectivity index (χ2n) is 5.97. The van der Waals surface area contributed by atoms with Gasteiger partial charge in [0.05, 0.1) is 12.2 Å². The normalized spacial score (nSPS) is 23.8. The summed E-state index contributed by atoms with van der Waals surface area (Å²) in [5.41, 5.74) is 2.08. The Balaban J connectivity index is 1.68. The molecule has 1 unspecified atom stereocenters. The molecule has 1 fully saturated rings. The molecular formula is C16H25NO2. The van der Waals surface area contributed by atoms with E-state index in [2.05, 4.69) is 30.9 Å². The van der Waals surface area contributed by atoms with Crippen LogP contribution in [0.25, 0.3) is 0 Å². The minimum Gasteiger partial charge on any atom is -0.494 e. The van der Waals surface area contributed by atoms with Gasteiger partial charge in [0.1, 0.15) is 5.75 Å². The van der Waals surface area contributed by atoms with Gasteiger partial charge >= 0.3 is 0 Å². The topological polar surface area (TPSA) is 32.7 Å². The number of β-amino-alcohol motifs (C(OH)–C–C–N with tert-alkyl or cyclic N) is 1. The summed E-state index contributed by atoms with van der Waals surface area (Å²) >= 11 is 0. The molecule has 1 aromatic carbocycles. The van der Waals surface area contributed by atoms with E-state index in [0.29, 0.717) is 0 Å². The summed E-state index contributed by atoms with van der Waals surface area (Å²) < 4.78 is 5.76. The van der Waals surface area contributed by atoms with Gasteiger partial charge < -0.3 is 14.7 Å². The quantitative estimate of drug-likeness (QED) is 0.829. The van der Waals surface area contributed by atoms with Crippen LogP contribution in [0.1, 0.15) is 30.9 Å². The fourth-order valence-corrected chi connectivity index (χ4v) is 2.51. The summed E-state index contributed by atoms with van der Waals surface area (Å²) in [5.74, 6) is 0.955. The van der Waals surface area contributed by atoms with Gasteiger partial charge in [-0.2, -0.15) is 0 Å². The second kappa shape index (κ2) is 5.93. The number of hydrogen-bond acceptors (Lipinski definition) is 3. The molecule has 1 aliphatic rings. The first-order valence-corrected chi connectivity index (χ1v) is 7.11. The van der Waals surface area contributed by atoms with Crippen LogP contribution < -0.4 is 4.74 Å². The predicted octanol–water partition coefficient (Wildman–Crippen LogP) is 2.53. The van der Waals surface area contributed by atoms with Gasteiger partial charge in [0.25, 0.3) is 0 Å². The largest absolute Gasteiger partial charge is 0.494 e. The monoisotopic (exact) mass is 263 g/mol. The number of likely N-dealkylation sites (tertiary alicyclic amines) is 1. The Morgan fingerprint density at radius 3 is 2.74 bits per heavy atom. The highest BCUT2D eigenvalue weighted by Crippen LogP contribution is 2.20. The van der Waals surface area contributed by atoms with Gasteiger partial charge in [-0.05, 0) is 56.9 Å². The molecule has 1 saturated heterocycles. The Morgan fingerprint density at radius 2 is 2.11 bits per heavy atom. The number of nitrogens with zero attached hydrogens (tertiary/aromatic N) is 1. The molecule has 0 spiro atoms. The third-order valence-corrected chi connectivity index (χ3v) is 3.90. The van der Waals surface area contributed by atoms with Crippen molar-refractivity contribution in [1.29, 1.82) is 0 Å². The predicted molar refractivity (Wildman–Crippen MR) is 77.7 cm³/mol. The minimum atomic E-state index is -0.491. The van der Waals surface area contributed by atoms with Crippen molar-refractivity contribution in [1.82, 2.24) is 4.90 Å². The molecule has 0 radical (unpaired) electrons. The molecule has 1 aliphatic heterocycles. The molecule has 1 atom stereocenters. The SMILES string of the molecule is Cc1ccc(OCCCN2CCC(C)(O)C2)cc1C. The van der Waals surface area contributed by atoms with Crippen LogP contribution in [0.15, 0.2) is 18.2 Å². The Kier molecular flexibility index (Phi) is 4.48. The van der Waals surface area contributed by atoms with Gasteiger partial charge in [-0.15, -0.1) is 0 Å². The zero-order chi connectivity index (χ0) is 13.9. The van der Waals surface area contributed by atoms with E-state index in [1.54, 1.807) is 0 Å². The molecule has 2 rings (SSSR count). The average Bonchev–Trinajstić information content (AvgIpc) is 2.69. The first kappa shape index (κ1) is 14.4. The molecule has 0 saturated carbocycles. The first-order chi connectivity index (χ1) is 8.96. The average molecular weight is 263 g/mol. The number of benzene rings is 1. The van der Waals surface area contributed by atoms with Gasteiger partial charge in [0, 0.05) is 19.6 Å². The zero-order valence-electron chi connectivity index (χ0n) is 12.3. The van der Waals surface area contributed by atoms with Crippen LogP contribution in [0, 0.1) is 13.8 Å². The summed E-state index contributed by atoms with van der Waals surface area (Å²) in [6, 6.07) is 6.22. The molecule has 0 amide bonds. The molecule has 1 N–H and O–H groups in total. The van der Waals surface area contributed by atoms with E-state index in [1.807, 2.05) is 13.0 Å². The molecule has 106 valence electrons. The number of ether oxygens (including phenoxy) is 1. The van der Waals surface area contributed by atoms with Gasteiger partial charge in [-0.1, -0.05) is 6.07 Å². The van der Waals surface area contributed by atoms with Crippen LogP contribution in [0.4, 0.5) is 0 Å². The van der Waals surface area contributed by atoms with Gasteiger partial charge in [0.2, 0.25) is 0 Å². The molecule has 0 bridgehead atoms. The van der Waals surface area contributed by atoms with Crippen LogP contribution in [-0.2, 0) is 0 Å². The van der Waals surface area contributed by atoms with Crippen molar-refractivity contribution in [3.05, 3.63) is 29.3 Å².